The minimum Gasteiger partial charge on any atom is -0.368 e. The van der Waals surface area contributed by atoms with Gasteiger partial charge in [-0.15, -0.1) is 0 Å². The largest absolute Gasteiger partial charge is 0.368 e. The number of carbonyl (C=O) groups is 2. The maximum absolute atomic E-state index is 12.2. The molecule has 2 rings (SSSR count). The van der Waals surface area contributed by atoms with Gasteiger partial charge in [-0.05, 0) is 35.9 Å². The number of nitrogens with zero attached hydrogens (tertiary/aromatic N) is 1. The van der Waals surface area contributed by atoms with Crippen LogP contribution < -0.4 is 11.1 Å². The first-order chi connectivity index (χ1) is 11.0. The maximum atomic E-state index is 12.2. The Morgan fingerprint density at radius 2 is 1.83 bits per heavy atom. The van der Waals surface area contributed by atoms with Crippen molar-refractivity contribution >= 4 is 23.4 Å². The van der Waals surface area contributed by atoms with Crippen LogP contribution in [0.5, 0.6) is 0 Å². The smallest absolute Gasteiger partial charge is 0.251 e. The molecule has 5 nitrogen and oxygen atoms in total. The monoisotopic (exact) mass is 327 g/mol. The number of rotatable bonds is 5. The molecule has 2 aromatic rings. The number of hydrogen-bond donors (Lipinski definition) is 2. The average Bonchev–Trinajstić information content (AvgIpc) is 2.55. The van der Waals surface area contributed by atoms with E-state index in [4.69, 9.17) is 22.6 Å². The highest BCUT2D eigenvalue weighted by Crippen LogP contribution is 2.12. The van der Waals surface area contributed by atoms with Gasteiger partial charge >= 0.3 is 0 Å². The Labute approximate surface area is 138 Å². The topological polar surface area (TPSA) is 96.0 Å². The van der Waals surface area contributed by atoms with Gasteiger partial charge in [-0.2, -0.15) is 5.26 Å². The van der Waals surface area contributed by atoms with Gasteiger partial charge in [0.1, 0.15) is 6.04 Å². The van der Waals surface area contributed by atoms with Crippen molar-refractivity contribution in [2.45, 2.75) is 12.5 Å². The Kier molecular flexibility index (Phi) is 5.34. The summed E-state index contributed by atoms with van der Waals surface area (Å²) >= 11 is 5.78. The summed E-state index contributed by atoms with van der Waals surface area (Å²) in [5, 5.41) is 12.2. The Hall–Kier alpha value is -2.84. The van der Waals surface area contributed by atoms with Crippen LogP contribution in [0, 0.1) is 11.3 Å². The Balaban J connectivity index is 2.16. The predicted octanol–water partition coefficient (Wildman–Crippen LogP) is 2.04. The molecule has 0 radical (unpaired) electrons. The zero-order chi connectivity index (χ0) is 16.8. The van der Waals surface area contributed by atoms with E-state index in [1.165, 1.54) is 0 Å². The highest BCUT2D eigenvalue weighted by atomic mass is 35.5. The summed E-state index contributed by atoms with van der Waals surface area (Å²) in [7, 11) is 0. The third kappa shape index (κ3) is 4.31. The number of amides is 2. The molecule has 0 spiro atoms. The minimum absolute atomic E-state index is 0.151. The number of primary amides is 1. The number of nitrogens with one attached hydrogen (secondary N) is 1. The van der Waals surface area contributed by atoms with Crippen LogP contribution in [0.25, 0.3) is 0 Å². The molecular formula is C17H14ClN3O2. The van der Waals surface area contributed by atoms with Crippen molar-refractivity contribution in [1.82, 2.24) is 5.32 Å². The van der Waals surface area contributed by atoms with Gasteiger partial charge in [0.05, 0.1) is 11.6 Å². The molecule has 0 fully saturated rings. The van der Waals surface area contributed by atoms with Crippen LogP contribution in [0.3, 0.4) is 0 Å². The average molecular weight is 328 g/mol. The van der Waals surface area contributed by atoms with E-state index in [-0.39, 0.29) is 6.42 Å². The van der Waals surface area contributed by atoms with Crippen molar-refractivity contribution in [3.8, 4) is 6.07 Å². The molecule has 0 saturated heterocycles. The second-order valence-corrected chi connectivity index (χ2v) is 5.34. The van der Waals surface area contributed by atoms with Crippen molar-refractivity contribution in [3.63, 3.8) is 0 Å². The third-order valence-electron chi connectivity index (χ3n) is 3.32. The minimum atomic E-state index is -0.910. The predicted molar refractivity (Wildman–Crippen MR) is 86.8 cm³/mol. The van der Waals surface area contributed by atoms with Crippen molar-refractivity contribution in [3.05, 3.63) is 70.2 Å². The molecule has 0 aromatic heterocycles. The molecule has 2 amide bonds. The van der Waals surface area contributed by atoms with Crippen LogP contribution >= 0.6 is 11.6 Å². The first-order valence-corrected chi connectivity index (χ1v) is 7.23. The van der Waals surface area contributed by atoms with E-state index in [1.807, 2.05) is 0 Å². The van der Waals surface area contributed by atoms with E-state index in [9.17, 15) is 9.59 Å². The molecule has 2 aromatic carbocycles. The summed E-state index contributed by atoms with van der Waals surface area (Å²) in [6, 6.07) is 14.3. The van der Waals surface area contributed by atoms with E-state index in [0.29, 0.717) is 21.7 Å². The van der Waals surface area contributed by atoms with Gasteiger partial charge < -0.3 is 11.1 Å². The highest BCUT2D eigenvalue weighted by molar-refractivity contribution is 6.30. The van der Waals surface area contributed by atoms with E-state index < -0.39 is 17.9 Å². The lowest BCUT2D eigenvalue weighted by atomic mass is 10.00. The maximum Gasteiger partial charge on any atom is 0.251 e. The highest BCUT2D eigenvalue weighted by Gasteiger charge is 2.20. The zero-order valence-corrected chi connectivity index (χ0v) is 12.9. The Morgan fingerprint density at radius 3 is 2.43 bits per heavy atom. The van der Waals surface area contributed by atoms with E-state index in [0.717, 1.165) is 0 Å². The summed E-state index contributed by atoms with van der Waals surface area (Å²) < 4.78 is 0. The van der Waals surface area contributed by atoms with Gasteiger partial charge in [-0.1, -0.05) is 29.8 Å². The quantitative estimate of drug-likeness (QED) is 0.879. The standard InChI is InChI=1S/C17H14ClN3O2/c18-14-7-5-11(6-8-14)17(23)21-15(16(20)22)9-12-3-1-2-4-13(12)10-19/h1-8,15H,9H2,(H2,20,22)(H,21,23)/t15-/m1/s1. The number of hydrogen-bond acceptors (Lipinski definition) is 3. The Bertz CT molecular complexity index is 766. The fourth-order valence-corrected chi connectivity index (χ4v) is 2.22. The number of nitrogens with two attached hydrogens (primary N) is 1. The van der Waals surface area contributed by atoms with Crippen LogP contribution in [0.15, 0.2) is 48.5 Å². The first-order valence-electron chi connectivity index (χ1n) is 6.85. The van der Waals surface area contributed by atoms with E-state index in [1.54, 1.807) is 48.5 Å². The van der Waals surface area contributed by atoms with Crippen molar-refractivity contribution in [2.24, 2.45) is 5.73 Å². The molecule has 1 atom stereocenters. The van der Waals surface area contributed by atoms with Crippen LogP contribution in [-0.2, 0) is 11.2 Å². The molecule has 0 bridgehead atoms. The molecule has 0 heterocycles. The van der Waals surface area contributed by atoms with Crippen LogP contribution in [0.1, 0.15) is 21.5 Å². The summed E-state index contributed by atoms with van der Waals surface area (Å²) in [4.78, 5) is 23.8. The van der Waals surface area contributed by atoms with E-state index in [2.05, 4.69) is 11.4 Å². The van der Waals surface area contributed by atoms with Crippen LogP contribution in [0.4, 0.5) is 0 Å². The molecule has 116 valence electrons. The van der Waals surface area contributed by atoms with Gasteiger partial charge in [0.2, 0.25) is 5.91 Å². The summed E-state index contributed by atoms with van der Waals surface area (Å²) in [5.74, 6) is -1.10. The molecule has 0 unspecified atom stereocenters. The molecular weight excluding hydrogens is 314 g/mol. The van der Waals surface area contributed by atoms with Crippen molar-refractivity contribution in [2.75, 3.05) is 0 Å². The second-order valence-electron chi connectivity index (χ2n) is 4.91. The molecule has 23 heavy (non-hydrogen) atoms. The fraction of sp³-hybridized carbons (Fsp3) is 0.118. The van der Waals surface area contributed by atoms with Gasteiger partial charge in [-0.3, -0.25) is 9.59 Å². The fourth-order valence-electron chi connectivity index (χ4n) is 2.09. The van der Waals surface area contributed by atoms with Gasteiger partial charge in [0.25, 0.3) is 5.91 Å². The lowest BCUT2D eigenvalue weighted by Crippen LogP contribution is -2.46. The first kappa shape index (κ1) is 16.5. The molecule has 0 saturated carbocycles. The van der Waals surface area contributed by atoms with Crippen molar-refractivity contribution in [1.29, 1.82) is 5.26 Å². The van der Waals surface area contributed by atoms with Gasteiger partial charge in [0.15, 0.2) is 0 Å². The lowest BCUT2D eigenvalue weighted by Gasteiger charge is -2.16. The van der Waals surface area contributed by atoms with Gasteiger partial charge in [0, 0.05) is 17.0 Å². The summed E-state index contributed by atoms with van der Waals surface area (Å²) in [6.07, 6.45) is 0.151. The molecule has 0 aliphatic heterocycles. The molecule has 3 N–H and O–H groups in total. The Morgan fingerprint density at radius 1 is 1.17 bits per heavy atom. The number of carbonyl (C=O) groups excluding carboxylic acids is 2. The SMILES string of the molecule is N#Cc1ccccc1C[C@@H](NC(=O)c1ccc(Cl)cc1)C(N)=O. The lowest BCUT2D eigenvalue weighted by molar-refractivity contribution is -0.119. The number of halogens is 1. The third-order valence-corrected chi connectivity index (χ3v) is 3.57. The summed E-state index contributed by atoms with van der Waals surface area (Å²) in [5.41, 5.74) is 6.83. The second kappa shape index (κ2) is 7.43. The van der Waals surface area contributed by atoms with Gasteiger partial charge in [-0.25, -0.2) is 0 Å². The van der Waals surface area contributed by atoms with Crippen LogP contribution in [-0.4, -0.2) is 17.9 Å². The molecule has 6 heteroatoms. The van der Waals surface area contributed by atoms with Crippen molar-refractivity contribution < 1.29 is 9.59 Å². The number of nitriles is 1. The normalized spacial score (nSPS) is 11.3. The number of benzene rings is 2. The van der Waals surface area contributed by atoms with E-state index >= 15 is 0 Å². The summed E-state index contributed by atoms with van der Waals surface area (Å²) in [6.45, 7) is 0. The van der Waals surface area contributed by atoms with Crippen LogP contribution in [0.2, 0.25) is 5.02 Å². The molecule has 0 aliphatic rings. The zero-order valence-electron chi connectivity index (χ0n) is 12.1. The molecule has 0 aliphatic carbocycles.